The van der Waals surface area contributed by atoms with Gasteiger partial charge in [-0.1, -0.05) is 30.3 Å². The molecular formula is C17H20N4O2. The van der Waals surface area contributed by atoms with E-state index in [1.54, 1.807) is 4.90 Å². The number of piperazine rings is 1. The first-order valence-electron chi connectivity index (χ1n) is 7.68. The fourth-order valence-corrected chi connectivity index (χ4v) is 2.89. The van der Waals surface area contributed by atoms with Crippen LogP contribution >= 0.6 is 0 Å². The van der Waals surface area contributed by atoms with Gasteiger partial charge >= 0.3 is 0 Å². The zero-order valence-electron chi connectivity index (χ0n) is 12.9. The Labute approximate surface area is 134 Å². The van der Waals surface area contributed by atoms with Crippen LogP contribution in [0, 0.1) is 0 Å². The molecule has 2 aromatic rings. The first kappa shape index (κ1) is 15.3. The van der Waals surface area contributed by atoms with Crippen molar-refractivity contribution in [1.82, 2.24) is 10.3 Å². The third-order valence-corrected chi connectivity index (χ3v) is 4.20. The summed E-state index contributed by atoms with van der Waals surface area (Å²) in [5.41, 5.74) is 3.15. The molecule has 0 spiro atoms. The van der Waals surface area contributed by atoms with E-state index in [1.807, 2.05) is 17.6 Å². The lowest BCUT2D eigenvalue weighted by molar-refractivity contribution is -0.136. The molecule has 6 heteroatoms. The molecule has 1 aliphatic rings. The lowest BCUT2D eigenvalue weighted by Gasteiger charge is -2.36. The first-order chi connectivity index (χ1) is 11.2. The van der Waals surface area contributed by atoms with Crippen molar-refractivity contribution < 1.29 is 9.59 Å². The number of carbonyl (C=O) groups excluding carboxylic acids is 2. The van der Waals surface area contributed by atoms with E-state index in [-0.39, 0.29) is 12.3 Å². The summed E-state index contributed by atoms with van der Waals surface area (Å²) in [4.78, 5) is 27.1. The van der Waals surface area contributed by atoms with Crippen molar-refractivity contribution in [3.63, 3.8) is 0 Å². The Morgan fingerprint density at radius 1 is 1.00 bits per heavy atom. The number of hydrogen-bond donors (Lipinski definition) is 2. The molecule has 0 radical (unpaired) electrons. The lowest BCUT2D eigenvalue weighted by Crippen LogP contribution is -2.49. The molecule has 0 saturated carbocycles. The van der Waals surface area contributed by atoms with Gasteiger partial charge in [-0.25, -0.2) is 5.84 Å². The number of hydrazine groups is 1. The number of amides is 2. The number of nitrogens with one attached hydrogen (secondary N) is 1. The average Bonchev–Trinajstić information content (AvgIpc) is 2.61. The van der Waals surface area contributed by atoms with E-state index < -0.39 is 5.91 Å². The number of nitrogens with zero attached hydrogens (tertiary/aromatic N) is 2. The van der Waals surface area contributed by atoms with E-state index >= 15 is 0 Å². The molecule has 1 heterocycles. The molecule has 1 aliphatic heterocycles. The number of nitrogens with two attached hydrogens (primary N) is 1. The van der Waals surface area contributed by atoms with Gasteiger partial charge in [0.25, 0.3) is 0 Å². The number of carbonyl (C=O) groups is 2. The second kappa shape index (κ2) is 6.66. The predicted molar refractivity (Wildman–Crippen MR) is 89.7 cm³/mol. The smallest absolute Gasteiger partial charge is 0.243 e. The summed E-state index contributed by atoms with van der Waals surface area (Å²) in [7, 11) is 0. The monoisotopic (exact) mass is 312 g/mol. The highest BCUT2D eigenvalue weighted by Gasteiger charge is 2.22. The summed E-state index contributed by atoms with van der Waals surface area (Å²) in [5.74, 6) is 4.39. The van der Waals surface area contributed by atoms with E-state index in [9.17, 15) is 9.59 Å². The van der Waals surface area contributed by atoms with Crippen LogP contribution in [0.4, 0.5) is 5.69 Å². The van der Waals surface area contributed by atoms with Crippen molar-refractivity contribution in [2.45, 2.75) is 6.42 Å². The molecule has 3 N–H and O–H groups in total. The Balaban J connectivity index is 1.63. The van der Waals surface area contributed by atoms with Crippen molar-refractivity contribution >= 4 is 28.3 Å². The Kier molecular flexibility index (Phi) is 4.43. The van der Waals surface area contributed by atoms with Gasteiger partial charge in [0.05, 0.1) is 0 Å². The number of hydrogen-bond acceptors (Lipinski definition) is 4. The van der Waals surface area contributed by atoms with Crippen molar-refractivity contribution in [3.05, 3.63) is 42.5 Å². The molecule has 2 aromatic carbocycles. The molecule has 3 rings (SSSR count). The standard InChI is InChI=1S/C17H20N4O2/c18-19-16(22)12-17(23)21-9-7-20(8-10-21)15-6-5-13-3-1-2-4-14(13)11-15/h1-6,11H,7-10,12,18H2,(H,19,22). The molecule has 120 valence electrons. The fraction of sp³-hybridized carbons (Fsp3) is 0.294. The van der Waals surface area contributed by atoms with Crippen LogP contribution in [0.25, 0.3) is 10.8 Å². The minimum atomic E-state index is -0.452. The highest BCUT2D eigenvalue weighted by molar-refractivity contribution is 5.96. The molecule has 0 unspecified atom stereocenters. The van der Waals surface area contributed by atoms with Crippen molar-refractivity contribution in [2.75, 3.05) is 31.1 Å². The maximum atomic E-state index is 12.0. The largest absolute Gasteiger partial charge is 0.368 e. The van der Waals surface area contributed by atoms with Crippen LogP contribution in [0.15, 0.2) is 42.5 Å². The quantitative estimate of drug-likeness (QED) is 0.381. The minimum absolute atomic E-state index is 0.175. The Morgan fingerprint density at radius 3 is 2.39 bits per heavy atom. The average molecular weight is 312 g/mol. The van der Waals surface area contributed by atoms with E-state index in [1.165, 1.54) is 10.8 Å². The van der Waals surface area contributed by atoms with Crippen LogP contribution < -0.4 is 16.2 Å². The maximum Gasteiger partial charge on any atom is 0.243 e. The third kappa shape index (κ3) is 3.43. The Bertz CT molecular complexity index is 723. The zero-order chi connectivity index (χ0) is 16.2. The van der Waals surface area contributed by atoms with Gasteiger partial charge in [-0.05, 0) is 22.9 Å². The molecule has 0 aliphatic carbocycles. The van der Waals surface area contributed by atoms with Gasteiger partial charge in [-0.3, -0.25) is 15.0 Å². The molecule has 1 saturated heterocycles. The maximum absolute atomic E-state index is 12.0. The molecule has 1 fully saturated rings. The lowest BCUT2D eigenvalue weighted by atomic mass is 10.1. The fourth-order valence-electron chi connectivity index (χ4n) is 2.89. The van der Waals surface area contributed by atoms with Gasteiger partial charge in [0.15, 0.2) is 0 Å². The van der Waals surface area contributed by atoms with Crippen molar-refractivity contribution in [1.29, 1.82) is 0 Å². The third-order valence-electron chi connectivity index (χ3n) is 4.20. The van der Waals surface area contributed by atoms with Crippen molar-refractivity contribution in [3.8, 4) is 0 Å². The van der Waals surface area contributed by atoms with Crippen LogP contribution in [-0.4, -0.2) is 42.9 Å². The van der Waals surface area contributed by atoms with Crippen LogP contribution in [0.3, 0.4) is 0 Å². The van der Waals surface area contributed by atoms with E-state index in [0.717, 1.165) is 18.8 Å². The topological polar surface area (TPSA) is 78.7 Å². The van der Waals surface area contributed by atoms with Crippen LogP contribution in [0.1, 0.15) is 6.42 Å². The highest BCUT2D eigenvalue weighted by atomic mass is 16.2. The SMILES string of the molecule is NNC(=O)CC(=O)N1CCN(c2ccc3ccccc3c2)CC1. The van der Waals surface area contributed by atoms with Gasteiger partial charge in [-0.15, -0.1) is 0 Å². The molecule has 23 heavy (non-hydrogen) atoms. The highest BCUT2D eigenvalue weighted by Crippen LogP contribution is 2.23. The van der Waals surface area contributed by atoms with E-state index in [0.29, 0.717) is 13.1 Å². The number of fused-ring (bicyclic) bond motifs is 1. The molecule has 0 bridgehead atoms. The van der Waals surface area contributed by atoms with Crippen LogP contribution in [0.2, 0.25) is 0 Å². The molecule has 2 amide bonds. The number of anilines is 1. The molecule has 0 atom stereocenters. The van der Waals surface area contributed by atoms with E-state index in [4.69, 9.17) is 5.84 Å². The van der Waals surface area contributed by atoms with E-state index in [2.05, 4.69) is 35.2 Å². The number of benzene rings is 2. The van der Waals surface area contributed by atoms with Crippen LogP contribution in [0.5, 0.6) is 0 Å². The van der Waals surface area contributed by atoms with Crippen LogP contribution in [-0.2, 0) is 9.59 Å². The summed E-state index contributed by atoms with van der Waals surface area (Å²) < 4.78 is 0. The Morgan fingerprint density at radius 2 is 1.70 bits per heavy atom. The summed E-state index contributed by atoms with van der Waals surface area (Å²) in [6, 6.07) is 14.7. The molecule has 6 nitrogen and oxygen atoms in total. The van der Waals surface area contributed by atoms with Gasteiger partial charge in [-0.2, -0.15) is 0 Å². The second-order valence-corrected chi connectivity index (χ2v) is 5.64. The summed E-state index contributed by atoms with van der Waals surface area (Å²) in [6.07, 6.45) is -0.188. The first-order valence-corrected chi connectivity index (χ1v) is 7.68. The second-order valence-electron chi connectivity index (χ2n) is 5.64. The Hall–Kier alpha value is -2.60. The molecule has 0 aromatic heterocycles. The predicted octanol–water partition coefficient (Wildman–Crippen LogP) is 0.868. The van der Waals surface area contributed by atoms with Crippen molar-refractivity contribution in [2.24, 2.45) is 5.84 Å². The van der Waals surface area contributed by atoms with Gasteiger partial charge in [0.2, 0.25) is 11.8 Å². The minimum Gasteiger partial charge on any atom is -0.368 e. The zero-order valence-corrected chi connectivity index (χ0v) is 12.9. The molecular weight excluding hydrogens is 292 g/mol. The van der Waals surface area contributed by atoms with Gasteiger partial charge in [0, 0.05) is 31.9 Å². The van der Waals surface area contributed by atoms with Gasteiger partial charge < -0.3 is 9.80 Å². The summed E-state index contributed by atoms with van der Waals surface area (Å²) in [5, 5.41) is 2.43. The van der Waals surface area contributed by atoms with Gasteiger partial charge in [0.1, 0.15) is 6.42 Å². The number of rotatable bonds is 3. The normalized spacial score (nSPS) is 14.8. The summed E-state index contributed by atoms with van der Waals surface area (Å²) in [6.45, 7) is 2.75. The summed E-state index contributed by atoms with van der Waals surface area (Å²) >= 11 is 0.